The zero-order chi connectivity index (χ0) is 21.3. The normalized spacial score (nSPS) is 19.3. The average Bonchev–Trinajstić information content (AvgIpc) is 2.83. The van der Waals surface area contributed by atoms with Crippen LogP contribution in [-0.2, 0) is 24.5 Å². The number of nitrogens with one attached hydrogen (secondary N) is 1. The highest BCUT2D eigenvalue weighted by atomic mass is 32.2. The topological polar surface area (TPSA) is 141 Å². The smallest absolute Gasteiger partial charge is 0.351 e. The second-order valence-electron chi connectivity index (χ2n) is 5.86. The number of halogens is 3. The molecule has 156 valence electrons. The molecular formula is C13H13F3N2O7S3. The van der Waals surface area contributed by atoms with Gasteiger partial charge in [-0.15, -0.1) is 0 Å². The number of thioether (sulfide) groups is 1. The van der Waals surface area contributed by atoms with Gasteiger partial charge in [0.2, 0.25) is 5.91 Å². The summed E-state index contributed by atoms with van der Waals surface area (Å²) in [5, 5.41) is 13.3. The second-order valence-corrected chi connectivity index (χ2v) is 11.2. The van der Waals surface area contributed by atoms with E-state index in [-0.39, 0.29) is 17.9 Å². The molecule has 1 aromatic carbocycles. The molecule has 0 radical (unpaired) electrons. The monoisotopic (exact) mass is 462 g/mol. The molecule has 1 fully saturated rings. The highest BCUT2D eigenvalue weighted by Crippen LogP contribution is 2.39. The molecule has 1 saturated heterocycles. The number of nitro groups is 1. The molecule has 1 N–H and O–H groups in total. The maximum absolute atomic E-state index is 12.4. The Morgan fingerprint density at radius 1 is 1.36 bits per heavy atom. The van der Waals surface area contributed by atoms with Gasteiger partial charge in [0.15, 0.2) is 19.7 Å². The molecule has 1 atom stereocenters. The summed E-state index contributed by atoms with van der Waals surface area (Å²) in [6.07, 6.45) is 0.109. The van der Waals surface area contributed by atoms with Crippen molar-refractivity contribution in [3.8, 4) is 0 Å². The molecule has 0 aromatic heterocycles. The summed E-state index contributed by atoms with van der Waals surface area (Å²) in [5.74, 6) is -2.78. The zero-order valence-electron chi connectivity index (χ0n) is 13.8. The molecule has 1 heterocycles. The van der Waals surface area contributed by atoms with Crippen molar-refractivity contribution in [3.05, 3.63) is 28.3 Å². The van der Waals surface area contributed by atoms with Gasteiger partial charge in [-0.2, -0.15) is 13.2 Å². The fourth-order valence-electron chi connectivity index (χ4n) is 2.53. The predicted octanol–water partition coefficient (Wildman–Crippen LogP) is 1.28. The van der Waals surface area contributed by atoms with E-state index in [0.29, 0.717) is 12.1 Å². The van der Waals surface area contributed by atoms with Crippen molar-refractivity contribution >= 4 is 43.0 Å². The summed E-state index contributed by atoms with van der Waals surface area (Å²) in [6.45, 7) is 0. The first kappa shape index (κ1) is 22.4. The molecule has 15 heteroatoms. The number of nitrogens with zero attached hydrogens (tertiary/aromatic N) is 1. The lowest BCUT2D eigenvalue weighted by atomic mass is 10.3. The first-order valence-corrected chi connectivity index (χ1v) is 11.7. The van der Waals surface area contributed by atoms with Crippen molar-refractivity contribution in [1.82, 2.24) is 5.32 Å². The minimum absolute atomic E-state index is 0.109. The molecule has 0 aliphatic carbocycles. The summed E-state index contributed by atoms with van der Waals surface area (Å²) in [5.41, 5.74) is -5.82. The van der Waals surface area contributed by atoms with Gasteiger partial charge in [-0.3, -0.25) is 14.9 Å². The van der Waals surface area contributed by atoms with Gasteiger partial charge < -0.3 is 5.32 Å². The molecule has 1 aromatic rings. The van der Waals surface area contributed by atoms with E-state index in [4.69, 9.17) is 0 Å². The Morgan fingerprint density at radius 3 is 2.50 bits per heavy atom. The predicted molar refractivity (Wildman–Crippen MR) is 92.3 cm³/mol. The summed E-state index contributed by atoms with van der Waals surface area (Å²) in [4.78, 5) is 20.4. The first-order chi connectivity index (χ1) is 12.7. The molecule has 2 rings (SSSR count). The number of nitro benzene ring substituents is 1. The van der Waals surface area contributed by atoms with Crippen LogP contribution in [0.4, 0.5) is 18.9 Å². The Balaban J connectivity index is 2.22. The van der Waals surface area contributed by atoms with Gasteiger partial charge in [-0.05, 0) is 30.3 Å². The lowest BCUT2D eigenvalue weighted by molar-refractivity contribution is -0.388. The average molecular weight is 462 g/mol. The van der Waals surface area contributed by atoms with Crippen LogP contribution in [0.25, 0.3) is 0 Å². The van der Waals surface area contributed by atoms with Gasteiger partial charge in [-0.25, -0.2) is 16.8 Å². The third-order valence-electron chi connectivity index (χ3n) is 3.61. The standard InChI is InChI=1S/C13H13F3N2O7S3/c14-13(15,16)26-9-1-2-11(10(5-9)18(20)21)28(24,25)7-12(19)17-8-3-4-27(22,23)6-8/h1-2,5,8H,3-4,6-7H2,(H,17,19)/t8-/m1/s1. The zero-order valence-corrected chi connectivity index (χ0v) is 16.3. The highest BCUT2D eigenvalue weighted by Gasteiger charge is 2.34. The molecule has 0 spiro atoms. The molecular weight excluding hydrogens is 449 g/mol. The van der Waals surface area contributed by atoms with Crippen LogP contribution in [0, 0.1) is 10.1 Å². The summed E-state index contributed by atoms with van der Waals surface area (Å²) >= 11 is -0.649. The van der Waals surface area contributed by atoms with E-state index >= 15 is 0 Å². The SMILES string of the molecule is O=C(CS(=O)(=O)c1ccc(SC(F)(F)F)cc1[N+](=O)[O-])N[C@@H]1CCS(=O)(=O)C1. The Kier molecular flexibility index (Phi) is 6.30. The van der Waals surface area contributed by atoms with E-state index in [2.05, 4.69) is 5.32 Å². The maximum Gasteiger partial charge on any atom is 0.446 e. The fraction of sp³-hybridized carbons (Fsp3) is 0.462. The lowest BCUT2D eigenvalue weighted by Gasteiger charge is -2.12. The van der Waals surface area contributed by atoms with Crippen molar-refractivity contribution in [2.75, 3.05) is 17.3 Å². The van der Waals surface area contributed by atoms with Crippen LogP contribution < -0.4 is 5.32 Å². The molecule has 1 amide bonds. The molecule has 9 nitrogen and oxygen atoms in total. The van der Waals surface area contributed by atoms with Gasteiger partial charge in [0, 0.05) is 17.0 Å². The Labute approximate surface area is 161 Å². The molecule has 1 aliphatic heterocycles. The number of hydrogen-bond acceptors (Lipinski definition) is 8. The van der Waals surface area contributed by atoms with Crippen LogP contribution >= 0.6 is 11.8 Å². The van der Waals surface area contributed by atoms with Gasteiger partial charge >= 0.3 is 5.51 Å². The third-order valence-corrected chi connectivity index (χ3v) is 7.76. The maximum atomic E-state index is 12.4. The van der Waals surface area contributed by atoms with Crippen LogP contribution in [-0.4, -0.2) is 56.5 Å². The molecule has 0 unspecified atom stereocenters. The van der Waals surface area contributed by atoms with Gasteiger partial charge in [-0.1, -0.05) is 0 Å². The number of alkyl halides is 3. The second kappa shape index (κ2) is 7.87. The van der Waals surface area contributed by atoms with Gasteiger partial charge in [0.05, 0.1) is 16.4 Å². The quantitative estimate of drug-likeness (QED) is 0.379. The largest absolute Gasteiger partial charge is 0.446 e. The summed E-state index contributed by atoms with van der Waals surface area (Å²) in [7, 11) is -7.88. The van der Waals surface area contributed by atoms with Crippen molar-refractivity contribution in [2.24, 2.45) is 0 Å². The van der Waals surface area contributed by atoms with E-state index in [9.17, 15) is 44.9 Å². The Bertz CT molecular complexity index is 1010. The number of rotatable bonds is 6. The summed E-state index contributed by atoms with van der Waals surface area (Å²) < 4.78 is 84.6. The van der Waals surface area contributed by atoms with E-state index in [1.807, 2.05) is 0 Å². The fourth-order valence-corrected chi connectivity index (χ4v) is 6.09. The Morgan fingerprint density at radius 2 is 2.00 bits per heavy atom. The van der Waals surface area contributed by atoms with Crippen LogP contribution in [0.3, 0.4) is 0 Å². The van der Waals surface area contributed by atoms with Crippen LogP contribution in [0.2, 0.25) is 0 Å². The van der Waals surface area contributed by atoms with Crippen LogP contribution in [0.5, 0.6) is 0 Å². The first-order valence-electron chi connectivity index (χ1n) is 7.45. The van der Waals surface area contributed by atoms with Crippen LogP contribution in [0.15, 0.2) is 28.0 Å². The summed E-state index contributed by atoms with van der Waals surface area (Å²) in [6, 6.07) is 1.08. The van der Waals surface area contributed by atoms with Crippen molar-refractivity contribution in [2.45, 2.75) is 27.8 Å². The number of hydrogen-bond donors (Lipinski definition) is 1. The van der Waals surface area contributed by atoms with Crippen molar-refractivity contribution < 1.29 is 39.7 Å². The molecule has 0 saturated carbocycles. The number of sulfone groups is 2. The Hall–Kier alpha value is -1.87. The van der Waals surface area contributed by atoms with E-state index in [0.717, 1.165) is 6.07 Å². The van der Waals surface area contributed by atoms with Crippen LogP contribution in [0.1, 0.15) is 6.42 Å². The molecule has 28 heavy (non-hydrogen) atoms. The van der Waals surface area contributed by atoms with Crippen molar-refractivity contribution in [1.29, 1.82) is 0 Å². The van der Waals surface area contributed by atoms with E-state index < -0.39 is 75.0 Å². The minimum atomic E-state index is -4.73. The number of carbonyl (C=O) groups is 1. The lowest BCUT2D eigenvalue weighted by Crippen LogP contribution is -2.39. The molecule has 1 aliphatic rings. The van der Waals surface area contributed by atoms with Gasteiger partial charge in [0.25, 0.3) is 5.69 Å². The molecule has 0 bridgehead atoms. The third kappa shape index (κ3) is 6.07. The minimum Gasteiger partial charge on any atom is -0.351 e. The number of benzene rings is 1. The number of amides is 1. The van der Waals surface area contributed by atoms with Gasteiger partial charge in [0.1, 0.15) is 10.6 Å². The van der Waals surface area contributed by atoms with E-state index in [1.165, 1.54) is 0 Å². The highest BCUT2D eigenvalue weighted by molar-refractivity contribution is 8.00. The van der Waals surface area contributed by atoms with Crippen molar-refractivity contribution in [3.63, 3.8) is 0 Å². The van der Waals surface area contributed by atoms with E-state index in [1.54, 1.807) is 0 Å². The number of carbonyl (C=O) groups excluding carboxylic acids is 1.